The molecule has 1 heterocycles. The van der Waals surface area contributed by atoms with Gasteiger partial charge in [-0.05, 0) is 43.5 Å². The molecule has 1 aliphatic rings. The van der Waals surface area contributed by atoms with E-state index in [1.807, 2.05) is 0 Å². The maximum atomic E-state index is 12.7. The van der Waals surface area contributed by atoms with Gasteiger partial charge in [0.15, 0.2) is 0 Å². The quantitative estimate of drug-likeness (QED) is 0.507. The van der Waals surface area contributed by atoms with Crippen molar-refractivity contribution >= 4 is 25.7 Å². The van der Waals surface area contributed by atoms with Gasteiger partial charge >= 0.3 is 0 Å². The molecule has 0 aromatic heterocycles. The van der Waals surface area contributed by atoms with Gasteiger partial charge in [0, 0.05) is 31.3 Å². The topological polar surface area (TPSA) is 127 Å². The van der Waals surface area contributed by atoms with Crippen LogP contribution in [0.2, 0.25) is 0 Å². The van der Waals surface area contributed by atoms with Crippen molar-refractivity contribution in [3.63, 3.8) is 0 Å². The van der Waals surface area contributed by atoms with Crippen LogP contribution in [0, 0.1) is 17.0 Å². The van der Waals surface area contributed by atoms with Gasteiger partial charge in [0.25, 0.3) is 5.69 Å². The second-order valence-electron chi connectivity index (χ2n) is 7.14. The second-order valence-corrected chi connectivity index (χ2v) is 10.8. The highest BCUT2D eigenvalue weighted by molar-refractivity contribution is 7.89. The number of nitro benzene ring substituents is 1. The molecule has 1 N–H and O–H groups in total. The van der Waals surface area contributed by atoms with Crippen LogP contribution in [0.1, 0.15) is 30.4 Å². The second kappa shape index (κ2) is 8.80. The van der Waals surface area contributed by atoms with Crippen LogP contribution in [0.25, 0.3) is 0 Å². The molecule has 30 heavy (non-hydrogen) atoms. The molecule has 0 unspecified atom stereocenters. The van der Waals surface area contributed by atoms with Gasteiger partial charge in [0.1, 0.15) is 0 Å². The molecule has 0 amide bonds. The van der Waals surface area contributed by atoms with Crippen LogP contribution in [0.5, 0.6) is 0 Å². The molecule has 1 saturated heterocycles. The Balaban J connectivity index is 1.72. The average molecular weight is 454 g/mol. The molecule has 3 rings (SSSR count). The number of sulfonamides is 2. The summed E-state index contributed by atoms with van der Waals surface area (Å²) in [5.74, 6) is 0. The molecule has 0 atom stereocenters. The van der Waals surface area contributed by atoms with Gasteiger partial charge in [-0.15, -0.1) is 0 Å². The van der Waals surface area contributed by atoms with Crippen LogP contribution in [0.3, 0.4) is 0 Å². The molecule has 162 valence electrons. The molecule has 2 aromatic rings. The zero-order chi connectivity index (χ0) is 21.9. The van der Waals surface area contributed by atoms with Crippen molar-refractivity contribution in [2.75, 3.05) is 13.1 Å². The maximum absolute atomic E-state index is 12.7. The SMILES string of the molecule is Cc1ccc(S(=O)(=O)NCc2ccc(S(=O)(=O)N3CCCCC3)cc2)cc1[N+](=O)[O-]. The predicted octanol–water partition coefficient (Wildman–Crippen LogP) is 2.56. The molecule has 0 saturated carbocycles. The third kappa shape index (κ3) is 4.86. The maximum Gasteiger partial charge on any atom is 0.273 e. The van der Waals surface area contributed by atoms with E-state index in [0.29, 0.717) is 24.2 Å². The summed E-state index contributed by atoms with van der Waals surface area (Å²) in [5, 5.41) is 11.0. The third-order valence-corrected chi connectivity index (χ3v) is 8.34. The van der Waals surface area contributed by atoms with Crippen LogP contribution in [0.15, 0.2) is 52.3 Å². The van der Waals surface area contributed by atoms with Crippen LogP contribution in [-0.4, -0.2) is 39.2 Å². The number of hydrogen-bond donors (Lipinski definition) is 1. The summed E-state index contributed by atoms with van der Waals surface area (Å²) in [4.78, 5) is 10.4. The van der Waals surface area contributed by atoms with Gasteiger partial charge in [-0.3, -0.25) is 10.1 Å². The fraction of sp³-hybridized carbons (Fsp3) is 0.368. The third-order valence-electron chi connectivity index (χ3n) is 5.03. The first kappa shape index (κ1) is 22.3. The normalized spacial score (nSPS) is 15.8. The van der Waals surface area contributed by atoms with Crippen molar-refractivity contribution in [3.05, 3.63) is 63.7 Å². The Labute approximate surface area is 176 Å². The first-order chi connectivity index (χ1) is 14.1. The lowest BCUT2D eigenvalue weighted by molar-refractivity contribution is -0.385. The van der Waals surface area contributed by atoms with Crippen LogP contribution in [-0.2, 0) is 26.6 Å². The summed E-state index contributed by atoms with van der Waals surface area (Å²) < 4.78 is 54.2. The smallest absolute Gasteiger partial charge is 0.258 e. The molecule has 9 nitrogen and oxygen atoms in total. The van der Waals surface area contributed by atoms with E-state index in [-0.39, 0.29) is 22.0 Å². The summed E-state index contributed by atoms with van der Waals surface area (Å²) in [7, 11) is -7.52. The summed E-state index contributed by atoms with van der Waals surface area (Å²) in [6.07, 6.45) is 2.71. The van der Waals surface area contributed by atoms with Gasteiger partial charge in [0.05, 0.1) is 14.7 Å². The Morgan fingerprint density at radius 2 is 1.57 bits per heavy atom. The van der Waals surface area contributed by atoms with Crippen LogP contribution < -0.4 is 4.72 Å². The fourth-order valence-corrected chi connectivity index (χ4v) is 5.80. The van der Waals surface area contributed by atoms with Crippen molar-refractivity contribution < 1.29 is 21.8 Å². The molecule has 1 aliphatic heterocycles. The fourth-order valence-electron chi connectivity index (χ4n) is 3.25. The van der Waals surface area contributed by atoms with Gasteiger partial charge in [-0.2, -0.15) is 4.31 Å². The summed E-state index contributed by atoms with van der Waals surface area (Å²) in [6.45, 7) is 2.47. The standard InChI is InChI=1S/C19H23N3O6S2/c1-15-5-8-18(13-19(15)22(23)24)29(25,26)20-14-16-6-9-17(10-7-16)30(27,28)21-11-3-2-4-12-21/h5-10,13,20H,2-4,11-12,14H2,1H3. The highest BCUT2D eigenvalue weighted by Crippen LogP contribution is 2.23. The van der Waals surface area contributed by atoms with Gasteiger partial charge in [-0.25, -0.2) is 21.6 Å². The molecule has 11 heteroatoms. The number of nitrogens with zero attached hydrogens (tertiary/aromatic N) is 2. The Bertz CT molecular complexity index is 1140. The first-order valence-electron chi connectivity index (χ1n) is 9.45. The highest BCUT2D eigenvalue weighted by atomic mass is 32.2. The Hall–Kier alpha value is -2.34. The highest BCUT2D eigenvalue weighted by Gasteiger charge is 2.26. The number of hydrogen-bond acceptors (Lipinski definition) is 6. The van der Waals surface area contributed by atoms with Gasteiger partial charge in [0.2, 0.25) is 20.0 Å². The summed E-state index contributed by atoms with van der Waals surface area (Å²) in [6, 6.07) is 9.74. The number of nitrogens with one attached hydrogen (secondary N) is 1. The summed E-state index contributed by atoms with van der Waals surface area (Å²) >= 11 is 0. The number of piperidine rings is 1. The predicted molar refractivity (Wildman–Crippen MR) is 111 cm³/mol. The minimum absolute atomic E-state index is 0.0753. The van der Waals surface area contributed by atoms with E-state index >= 15 is 0 Å². The molecular weight excluding hydrogens is 430 g/mol. The lowest BCUT2D eigenvalue weighted by Gasteiger charge is -2.25. The van der Waals surface area contributed by atoms with Crippen LogP contribution >= 0.6 is 0 Å². The van der Waals surface area contributed by atoms with E-state index in [4.69, 9.17) is 0 Å². The Morgan fingerprint density at radius 3 is 2.17 bits per heavy atom. The number of aryl methyl sites for hydroxylation is 1. The van der Waals surface area contributed by atoms with E-state index in [2.05, 4.69) is 4.72 Å². The zero-order valence-corrected chi connectivity index (χ0v) is 18.1. The number of nitro groups is 1. The Morgan fingerprint density at radius 1 is 0.967 bits per heavy atom. The van der Waals surface area contributed by atoms with Gasteiger partial charge in [-0.1, -0.05) is 24.6 Å². The van der Waals surface area contributed by atoms with Crippen molar-refractivity contribution in [1.29, 1.82) is 0 Å². The summed E-state index contributed by atoms with van der Waals surface area (Å²) in [5.41, 5.74) is 0.660. The van der Waals surface area contributed by atoms with E-state index in [9.17, 15) is 26.9 Å². The molecule has 1 fully saturated rings. The molecular formula is C19H23N3O6S2. The largest absolute Gasteiger partial charge is 0.273 e. The lowest BCUT2D eigenvalue weighted by Crippen LogP contribution is -2.35. The minimum Gasteiger partial charge on any atom is -0.258 e. The first-order valence-corrected chi connectivity index (χ1v) is 12.4. The molecule has 0 spiro atoms. The monoisotopic (exact) mass is 453 g/mol. The van der Waals surface area contributed by atoms with Crippen molar-refractivity contribution in [2.45, 2.75) is 42.5 Å². The molecule has 0 bridgehead atoms. The molecule has 0 aliphatic carbocycles. The van der Waals surface area contributed by atoms with Crippen molar-refractivity contribution in [1.82, 2.24) is 9.03 Å². The minimum atomic E-state index is -3.97. The van der Waals surface area contributed by atoms with E-state index < -0.39 is 25.0 Å². The zero-order valence-electron chi connectivity index (χ0n) is 16.4. The molecule has 2 aromatic carbocycles. The molecule has 0 radical (unpaired) electrons. The van der Waals surface area contributed by atoms with Crippen molar-refractivity contribution in [3.8, 4) is 0 Å². The van der Waals surface area contributed by atoms with E-state index in [0.717, 1.165) is 25.3 Å². The number of rotatable bonds is 7. The van der Waals surface area contributed by atoms with Crippen molar-refractivity contribution in [2.24, 2.45) is 0 Å². The van der Waals surface area contributed by atoms with E-state index in [1.165, 1.54) is 35.5 Å². The Kier molecular flexibility index (Phi) is 6.56. The van der Waals surface area contributed by atoms with Gasteiger partial charge < -0.3 is 0 Å². The van der Waals surface area contributed by atoms with E-state index in [1.54, 1.807) is 12.1 Å². The number of benzene rings is 2. The lowest BCUT2D eigenvalue weighted by atomic mass is 10.2. The average Bonchev–Trinajstić information content (AvgIpc) is 2.73. The van der Waals surface area contributed by atoms with Crippen LogP contribution in [0.4, 0.5) is 5.69 Å².